The fourth-order valence-electron chi connectivity index (χ4n) is 2.02. The summed E-state index contributed by atoms with van der Waals surface area (Å²) in [6.07, 6.45) is 3.76. The molecule has 0 saturated carbocycles. The first-order chi connectivity index (χ1) is 6.76. The van der Waals surface area contributed by atoms with E-state index >= 15 is 0 Å². The van der Waals surface area contributed by atoms with E-state index in [1.54, 1.807) is 0 Å². The Hall–Kier alpha value is -0.570. The molecule has 0 bridgehead atoms. The van der Waals surface area contributed by atoms with E-state index in [0.29, 0.717) is 13.2 Å². The van der Waals surface area contributed by atoms with Crippen molar-refractivity contribution in [3.05, 3.63) is 0 Å². The first kappa shape index (κ1) is 11.5. The smallest absolute Gasteiger partial charge is 0.320 e. The number of hydrogen-bond acceptors (Lipinski definition) is 3. The molecule has 1 fully saturated rings. The normalized spacial score (nSPS) is 23.4. The number of ether oxygens (including phenoxy) is 1. The Balaban J connectivity index is 2.26. The van der Waals surface area contributed by atoms with Crippen LogP contribution in [-0.2, 0) is 9.53 Å². The molecule has 1 heterocycles. The number of piperidine rings is 1. The van der Waals surface area contributed by atoms with Crippen molar-refractivity contribution in [2.24, 2.45) is 5.92 Å². The van der Waals surface area contributed by atoms with Crippen LogP contribution in [0.25, 0.3) is 0 Å². The van der Waals surface area contributed by atoms with Gasteiger partial charge >= 0.3 is 5.97 Å². The molecule has 0 radical (unpaired) electrons. The Morgan fingerprint density at radius 1 is 1.50 bits per heavy atom. The molecule has 14 heavy (non-hydrogen) atoms. The van der Waals surface area contributed by atoms with Gasteiger partial charge in [0.15, 0.2) is 0 Å². The maximum atomic E-state index is 11.2. The van der Waals surface area contributed by atoms with Crippen LogP contribution < -0.4 is 0 Å². The molecule has 3 nitrogen and oxygen atoms in total. The van der Waals surface area contributed by atoms with Crippen LogP contribution in [0.1, 0.15) is 33.1 Å². The zero-order valence-corrected chi connectivity index (χ0v) is 9.29. The van der Waals surface area contributed by atoms with Gasteiger partial charge in [-0.25, -0.2) is 0 Å². The highest BCUT2D eigenvalue weighted by atomic mass is 16.5. The van der Waals surface area contributed by atoms with Crippen molar-refractivity contribution in [2.75, 3.05) is 26.2 Å². The highest BCUT2D eigenvalue weighted by molar-refractivity contribution is 5.71. The number of esters is 1. The lowest BCUT2D eigenvalue weighted by atomic mass is 9.96. The molecule has 0 aromatic rings. The molecule has 0 aliphatic carbocycles. The van der Waals surface area contributed by atoms with E-state index in [0.717, 1.165) is 19.0 Å². The number of rotatable bonds is 4. The van der Waals surface area contributed by atoms with E-state index in [1.807, 2.05) is 6.92 Å². The molecule has 0 amide bonds. The summed E-state index contributed by atoms with van der Waals surface area (Å²) in [4.78, 5) is 13.5. The summed E-state index contributed by atoms with van der Waals surface area (Å²) in [5.74, 6) is 0.697. The second-order valence-corrected chi connectivity index (χ2v) is 3.96. The van der Waals surface area contributed by atoms with Gasteiger partial charge in [0, 0.05) is 6.54 Å². The van der Waals surface area contributed by atoms with E-state index in [4.69, 9.17) is 4.74 Å². The predicted octanol–water partition coefficient (Wildman–Crippen LogP) is 1.67. The molecule has 0 spiro atoms. The molecule has 1 atom stereocenters. The van der Waals surface area contributed by atoms with Crippen molar-refractivity contribution in [1.29, 1.82) is 0 Å². The Labute approximate surface area is 86.4 Å². The van der Waals surface area contributed by atoms with Crippen molar-refractivity contribution in [3.63, 3.8) is 0 Å². The first-order valence-electron chi connectivity index (χ1n) is 5.64. The van der Waals surface area contributed by atoms with Crippen molar-refractivity contribution in [3.8, 4) is 0 Å². The highest BCUT2D eigenvalue weighted by Crippen LogP contribution is 2.18. The van der Waals surface area contributed by atoms with Gasteiger partial charge in [0.05, 0.1) is 13.2 Å². The van der Waals surface area contributed by atoms with E-state index in [9.17, 15) is 4.79 Å². The molecule has 1 unspecified atom stereocenters. The Bertz CT molecular complexity index is 182. The van der Waals surface area contributed by atoms with E-state index in [-0.39, 0.29) is 5.97 Å². The third-order valence-electron chi connectivity index (χ3n) is 2.84. The van der Waals surface area contributed by atoms with Crippen LogP contribution in [-0.4, -0.2) is 37.1 Å². The highest BCUT2D eigenvalue weighted by Gasteiger charge is 2.20. The second-order valence-electron chi connectivity index (χ2n) is 3.96. The number of carbonyl (C=O) groups is 1. The fourth-order valence-corrected chi connectivity index (χ4v) is 2.02. The Morgan fingerprint density at radius 3 is 2.93 bits per heavy atom. The van der Waals surface area contributed by atoms with Crippen molar-refractivity contribution < 1.29 is 9.53 Å². The van der Waals surface area contributed by atoms with Gasteiger partial charge in [0.1, 0.15) is 0 Å². The quantitative estimate of drug-likeness (QED) is 0.645. The van der Waals surface area contributed by atoms with Gasteiger partial charge in [-0.05, 0) is 32.2 Å². The number of carbonyl (C=O) groups excluding carboxylic acids is 1. The van der Waals surface area contributed by atoms with Gasteiger partial charge in [0.25, 0.3) is 0 Å². The summed E-state index contributed by atoms with van der Waals surface area (Å²) < 4.78 is 4.93. The Morgan fingerprint density at radius 2 is 2.29 bits per heavy atom. The lowest BCUT2D eigenvalue weighted by Crippen LogP contribution is -2.39. The van der Waals surface area contributed by atoms with Gasteiger partial charge in [-0.3, -0.25) is 9.69 Å². The van der Waals surface area contributed by atoms with Gasteiger partial charge in [-0.1, -0.05) is 13.3 Å². The summed E-state index contributed by atoms with van der Waals surface area (Å²) >= 11 is 0. The minimum absolute atomic E-state index is 0.0794. The molecule has 1 rings (SSSR count). The number of nitrogens with zero attached hydrogens (tertiary/aromatic N) is 1. The molecular weight excluding hydrogens is 178 g/mol. The lowest BCUT2D eigenvalue weighted by Gasteiger charge is -2.31. The maximum Gasteiger partial charge on any atom is 0.320 e. The van der Waals surface area contributed by atoms with Crippen molar-refractivity contribution in [1.82, 2.24) is 4.90 Å². The molecule has 82 valence electrons. The third-order valence-corrected chi connectivity index (χ3v) is 2.84. The average molecular weight is 199 g/mol. The SMILES string of the molecule is CCOC(=O)CN1CCCC(CC)C1. The van der Waals surface area contributed by atoms with E-state index in [1.165, 1.54) is 19.3 Å². The standard InChI is InChI=1S/C11H21NO2/c1-3-10-6-5-7-12(8-10)9-11(13)14-4-2/h10H,3-9H2,1-2H3. The van der Waals surface area contributed by atoms with Crippen LogP contribution in [0.3, 0.4) is 0 Å². The van der Waals surface area contributed by atoms with Crippen LogP contribution in [0, 0.1) is 5.92 Å². The summed E-state index contributed by atoms with van der Waals surface area (Å²) in [7, 11) is 0. The van der Waals surface area contributed by atoms with Crippen LogP contribution in [0.2, 0.25) is 0 Å². The van der Waals surface area contributed by atoms with Crippen LogP contribution in [0.5, 0.6) is 0 Å². The van der Waals surface area contributed by atoms with Crippen molar-refractivity contribution >= 4 is 5.97 Å². The van der Waals surface area contributed by atoms with Gasteiger partial charge < -0.3 is 4.74 Å². The summed E-state index contributed by atoms with van der Waals surface area (Å²) in [6, 6.07) is 0. The topological polar surface area (TPSA) is 29.5 Å². The van der Waals surface area contributed by atoms with Crippen LogP contribution in [0.15, 0.2) is 0 Å². The van der Waals surface area contributed by atoms with E-state index < -0.39 is 0 Å². The minimum Gasteiger partial charge on any atom is -0.465 e. The van der Waals surface area contributed by atoms with E-state index in [2.05, 4.69) is 11.8 Å². The number of likely N-dealkylation sites (tertiary alicyclic amines) is 1. The summed E-state index contributed by atoms with van der Waals surface area (Å²) in [5.41, 5.74) is 0. The first-order valence-corrected chi connectivity index (χ1v) is 5.64. The van der Waals surface area contributed by atoms with Gasteiger partial charge in [-0.15, -0.1) is 0 Å². The summed E-state index contributed by atoms with van der Waals surface area (Å²) in [5, 5.41) is 0. The summed E-state index contributed by atoms with van der Waals surface area (Å²) in [6.45, 7) is 7.15. The molecule has 1 aliphatic rings. The van der Waals surface area contributed by atoms with Gasteiger partial charge in [0.2, 0.25) is 0 Å². The molecular formula is C11H21NO2. The molecule has 1 saturated heterocycles. The zero-order valence-electron chi connectivity index (χ0n) is 9.29. The molecule has 1 aliphatic heterocycles. The predicted molar refractivity (Wildman–Crippen MR) is 56.1 cm³/mol. The molecule has 0 aromatic carbocycles. The molecule has 3 heteroatoms. The van der Waals surface area contributed by atoms with Crippen LogP contribution in [0.4, 0.5) is 0 Å². The monoisotopic (exact) mass is 199 g/mol. The van der Waals surface area contributed by atoms with Crippen LogP contribution >= 0.6 is 0 Å². The lowest BCUT2D eigenvalue weighted by molar-refractivity contribution is -0.144. The largest absolute Gasteiger partial charge is 0.465 e. The molecule has 0 aromatic heterocycles. The van der Waals surface area contributed by atoms with Gasteiger partial charge in [-0.2, -0.15) is 0 Å². The fraction of sp³-hybridized carbons (Fsp3) is 0.909. The van der Waals surface area contributed by atoms with Crippen molar-refractivity contribution in [2.45, 2.75) is 33.1 Å². The maximum absolute atomic E-state index is 11.2. The molecule has 0 N–H and O–H groups in total. The number of hydrogen-bond donors (Lipinski definition) is 0. The average Bonchev–Trinajstić information content (AvgIpc) is 2.18. The zero-order chi connectivity index (χ0) is 10.4. The minimum atomic E-state index is -0.0794. The Kier molecular flexibility index (Phi) is 4.94. The second kappa shape index (κ2) is 6.02. The third kappa shape index (κ3) is 3.66.